The molecule has 0 fully saturated rings. The van der Waals surface area contributed by atoms with Gasteiger partial charge in [0.15, 0.2) is 0 Å². The highest BCUT2D eigenvalue weighted by Crippen LogP contribution is 2.35. The van der Waals surface area contributed by atoms with Gasteiger partial charge in [-0.3, -0.25) is 0 Å². The number of benzene rings is 2. The predicted molar refractivity (Wildman–Crippen MR) is 121 cm³/mol. The van der Waals surface area contributed by atoms with E-state index in [1.54, 1.807) is 44.4 Å². The van der Waals surface area contributed by atoms with Gasteiger partial charge in [0, 0.05) is 22.8 Å². The van der Waals surface area contributed by atoms with Crippen molar-refractivity contribution in [2.45, 2.75) is 27.7 Å². The molecule has 0 atom stereocenters. The van der Waals surface area contributed by atoms with E-state index in [9.17, 15) is 9.59 Å². The Balaban J connectivity index is 2.20. The summed E-state index contributed by atoms with van der Waals surface area (Å²) >= 11 is 6.33. The largest absolute Gasteiger partial charge is 0.495 e. The highest BCUT2D eigenvalue weighted by atomic mass is 35.5. The Morgan fingerprint density at radius 3 is 2.48 bits per heavy atom. The molecule has 0 saturated carbocycles. The molecular weight excluding hydrogens is 418 g/mol. The summed E-state index contributed by atoms with van der Waals surface area (Å²) < 4.78 is 17.9. The van der Waals surface area contributed by atoms with Gasteiger partial charge in [-0.05, 0) is 64.1 Å². The molecule has 0 amide bonds. The molecule has 0 aliphatic heterocycles. The highest BCUT2D eigenvalue weighted by Gasteiger charge is 2.23. The maximum Gasteiger partial charge on any atom is 0.340 e. The van der Waals surface area contributed by atoms with Crippen LogP contribution in [0.25, 0.3) is 16.6 Å². The third kappa shape index (κ3) is 4.59. The number of aromatic nitrogens is 1. The van der Waals surface area contributed by atoms with Crippen LogP contribution < -0.4 is 9.47 Å². The number of hydrogen-bond acceptors (Lipinski definition) is 5. The van der Waals surface area contributed by atoms with Crippen molar-refractivity contribution in [1.82, 2.24) is 4.57 Å². The normalized spacial score (nSPS) is 10.6. The summed E-state index contributed by atoms with van der Waals surface area (Å²) in [6.45, 7) is 7.45. The quantitative estimate of drug-likeness (QED) is 0.281. The molecule has 31 heavy (non-hydrogen) atoms. The summed E-state index contributed by atoms with van der Waals surface area (Å²) in [6, 6.07) is 10.6. The first-order valence-electron chi connectivity index (χ1n) is 9.79. The zero-order chi connectivity index (χ0) is 22.7. The predicted octanol–water partition coefficient (Wildman–Crippen LogP) is 5.65. The molecule has 3 rings (SSSR count). The molecule has 2 aromatic carbocycles. The summed E-state index contributed by atoms with van der Waals surface area (Å²) in [6.07, 6.45) is 1.41. The molecule has 0 aliphatic carbocycles. The molecule has 3 aromatic rings. The molecular formula is C24H24ClNO5. The molecule has 0 bridgehead atoms. The Hall–Kier alpha value is -3.25. The van der Waals surface area contributed by atoms with E-state index in [0.29, 0.717) is 33.2 Å². The number of carbonyl (C=O) groups excluding carboxylic acids is 2. The summed E-state index contributed by atoms with van der Waals surface area (Å²) in [4.78, 5) is 24.8. The number of halogens is 1. The van der Waals surface area contributed by atoms with Crippen molar-refractivity contribution in [1.29, 1.82) is 0 Å². The number of methoxy groups -OCH3 is 1. The lowest BCUT2D eigenvalue weighted by molar-refractivity contribution is -0.129. The van der Waals surface area contributed by atoms with Crippen LogP contribution in [0.3, 0.4) is 0 Å². The van der Waals surface area contributed by atoms with E-state index in [4.69, 9.17) is 25.8 Å². The maximum atomic E-state index is 12.8. The van der Waals surface area contributed by atoms with E-state index >= 15 is 0 Å². The lowest BCUT2D eigenvalue weighted by atomic mass is 10.1. The summed E-state index contributed by atoms with van der Waals surface area (Å²) in [5.41, 5.74) is 3.44. The number of nitrogens with zero attached hydrogens (tertiary/aromatic N) is 1. The van der Waals surface area contributed by atoms with Crippen LogP contribution in [-0.2, 0) is 9.53 Å². The fraction of sp³-hybridized carbons (Fsp3) is 0.250. The smallest absolute Gasteiger partial charge is 0.340 e. The molecule has 0 aliphatic rings. The van der Waals surface area contributed by atoms with Crippen LogP contribution in [0, 0.1) is 6.92 Å². The molecule has 0 unspecified atom stereocenters. The standard InChI is InChI=1S/C24H24ClNO5/c1-6-30-24(28)23-15(4)26(16-7-10-21(29-5)19(25)12-16)20-9-8-17(13-18(20)23)31-22(27)11-14(2)3/h7-13H,6H2,1-5H3. The Morgan fingerprint density at radius 1 is 1.13 bits per heavy atom. The molecule has 1 aromatic heterocycles. The minimum atomic E-state index is -0.477. The van der Waals surface area contributed by atoms with Crippen LogP contribution in [0.15, 0.2) is 48.0 Å². The van der Waals surface area contributed by atoms with Crippen LogP contribution in [0.2, 0.25) is 5.02 Å². The second-order valence-electron chi connectivity index (χ2n) is 7.16. The van der Waals surface area contributed by atoms with Crippen molar-refractivity contribution >= 4 is 34.4 Å². The third-order valence-electron chi connectivity index (χ3n) is 4.67. The fourth-order valence-electron chi connectivity index (χ4n) is 3.43. The first kappa shape index (κ1) is 22.4. The van der Waals surface area contributed by atoms with Crippen LogP contribution in [-0.4, -0.2) is 30.2 Å². The maximum absolute atomic E-state index is 12.8. The minimum Gasteiger partial charge on any atom is -0.495 e. The molecule has 1 heterocycles. The molecule has 0 radical (unpaired) electrons. The van der Waals surface area contributed by atoms with E-state index in [0.717, 1.165) is 16.8 Å². The van der Waals surface area contributed by atoms with E-state index in [2.05, 4.69) is 0 Å². The van der Waals surface area contributed by atoms with Gasteiger partial charge in [-0.25, -0.2) is 9.59 Å². The highest BCUT2D eigenvalue weighted by molar-refractivity contribution is 6.32. The Kier molecular flexibility index (Phi) is 6.71. The summed E-state index contributed by atoms with van der Waals surface area (Å²) in [5, 5.41) is 1.07. The van der Waals surface area contributed by atoms with Gasteiger partial charge in [0.1, 0.15) is 11.5 Å². The summed E-state index contributed by atoms with van der Waals surface area (Å²) in [5.74, 6) is -0.0321. The fourth-order valence-corrected chi connectivity index (χ4v) is 3.68. The average Bonchev–Trinajstić information content (AvgIpc) is 2.98. The first-order valence-corrected chi connectivity index (χ1v) is 10.2. The van der Waals surface area contributed by atoms with Gasteiger partial charge in [-0.2, -0.15) is 0 Å². The second-order valence-corrected chi connectivity index (χ2v) is 7.56. The van der Waals surface area contributed by atoms with Gasteiger partial charge in [-0.1, -0.05) is 17.2 Å². The lowest BCUT2D eigenvalue weighted by Crippen LogP contribution is -2.07. The average molecular weight is 442 g/mol. The van der Waals surface area contributed by atoms with E-state index in [1.165, 1.54) is 6.08 Å². The summed E-state index contributed by atoms with van der Waals surface area (Å²) in [7, 11) is 1.55. The van der Waals surface area contributed by atoms with Gasteiger partial charge in [-0.15, -0.1) is 0 Å². The van der Waals surface area contributed by atoms with Crippen LogP contribution in [0.4, 0.5) is 0 Å². The lowest BCUT2D eigenvalue weighted by Gasteiger charge is -2.11. The number of rotatable bonds is 6. The van der Waals surface area contributed by atoms with Crippen LogP contribution in [0.1, 0.15) is 36.8 Å². The minimum absolute atomic E-state index is 0.245. The molecule has 6 nitrogen and oxygen atoms in total. The first-order chi connectivity index (χ1) is 14.8. The van der Waals surface area contributed by atoms with Gasteiger partial charge >= 0.3 is 11.9 Å². The Labute approximate surface area is 186 Å². The SMILES string of the molecule is CCOC(=O)c1c(C)n(-c2ccc(OC)c(Cl)c2)c2ccc(OC(=O)C=C(C)C)cc12. The van der Waals surface area contributed by atoms with Gasteiger partial charge in [0.05, 0.1) is 29.8 Å². The van der Waals surface area contributed by atoms with Crippen molar-refractivity contribution in [3.8, 4) is 17.2 Å². The number of hydrogen-bond donors (Lipinski definition) is 0. The van der Waals surface area contributed by atoms with E-state index < -0.39 is 11.9 Å². The Bertz CT molecular complexity index is 1190. The molecule has 7 heteroatoms. The third-order valence-corrected chi connectivity index (χ3v) is 4.97. The van der Waals surface area contributed by atoms with Gasteiger partial charge in [0.2, 0.25) is 0 Å². The van der Waals surface area contributed by atoms with Crippen LogP contribution in [0.5, 0.6) is 11.5 Å². The Morgan fingerprint density at radius 2 is 1.87 bits per heavy atom. The van der Waals surface area contributed by atoms with Crippen LogP contribution >= 0.6 is 11.6 Å². The van der Waals surface area contributed by atoms with Crippen molar-refractivity contribution in [3.05, 3.63) is 64.3 Å². The topological polar surface area (TPSA) is 66.8 Å². The zero-order valence-electron chi connectivity index (χ0n) is 18.1. The number of esters is 2. The number of ether oxygens (including phenoxy) is 3. The molecule has 0 N–H and O–H groups in total. The zero-order valence-corrected chi connectivity index (χ0v) is 18.9. The number of fused-ring (bicyclic) bond motifs is 1. The van der Waals surface area contributed by atoms with Gasteiger partial charge in [0.25, 0.3) is 0 Å². The van der Waals surface area contributed by atoms with Crippen molar-refractivity contribution in [3.63, 3.8) is 0 Å². The number of carbonyl (C=O) groups is 2. The number of allylic oxidation sites excluding steroid dienone is 1. The molecule has 0 saturated heterocycles. The molecule has 162 valence electrons. The van der Waals surface area contributed by atoms with Crippen molar-refractivity contribution in [2.75, 3.05) is 13.7 Å². The molecule has 0 spiro atoms. The second kappa shape index (κ2) is 9.27. The van der Waals surface area contributed by atoms with Crippen molar-refractivity contribution < 1.29 is 23.8 Å². The van der Waals surface area contributed by atoms with E-state index in [-0.39, 0.29) is 6.61 Å². The van der Waals surface area contributed by atoms with Crippen molar-refractivity contribution in [2.24, 2.45) is 0 Å². The monoisotopic (exact) mass is 441 g/mol. The van der Waals surface area contributed by atoms with E-state index in [1.807, 2.05) is 31.4 Å². The van der Waals surface area contributed by atoms with Gasteiger partial charge < -0.3 is 18.8 Å².